The molecule has 2 N–H and O–H groups in total. The number of hydrogen-bond donors (Lipinski definition) is 2. The highest BCUT2D eigenvalue weighted by molar-refractivity contribution is 6.31. The summed E-state index contributed by atoms with van der Waals surface area (Å²) in [5.41, 5.74) is 0.920. The molecule has 1 aliphatic rings. The van der Waals surface area contributed by atoms with Crippen LogP contribution in [0.2, 0.25) is 5.02 Å². The zero-order valence-electron chi connectivity index (χ0n) is 14.3. The predicted octanol–water partition coefficient (Wildman–Crippen LogP) is 1.38. The summed E-state index contributed by atoms with van der Waals surface area (Å²) < 4.78 is 5.07. The largest absolute Gasteiger partial charge is 0.466 e. The summed E-state index contributed by atoms with van der Waals surface area (Å²) in [5, 5.41) is 3.66. The van der Waals surface area contributed by atoms with E-state index in [-0.39, 0.29) is 23.8 Å². The van der Waals surface area contributed by atoms with E-state index in [4.69, 9.17) is 16.3 Å². The number of carbonyl (C=O) groups is 2. The van der Waals surface area contributed by atoms with Gasteiger partial charge in [0.05, 0.1) is 31.7 Å². The molecule has 24 heavy (non-hydrogen) atoms. The Hall–Kier alpha value is -1.59. The second-order valence-electron chi connectivity index (χ2n) is 6.26. The number of quaternary nitrogens is 1. The molecule has 0 radical (unpaired) electrons. The van der Waals surface area contributed by atoms with Gasteiger partial charge in [-0.25, -0.2) is 0 Å². The number of amides is 1. The van der Waals surface area contributed by atoms with E-state index in [9.17, 15) is 9.59 Å². The fourth-order valence-corrected chi connectivity index (χ4v) is 3.42. The van der Waals surface area contributed by atoms with Crippen LogP contribution >= 0.6 is 11.6 Å². The third-order valence-electron chi connectivity index (χ3n) is 4.47. The Morgan fingerprint density at radius 1 is 1.33 bits per heavy atom. The summed E-state index contributed by atoms with van der Waals surface area (Å²) in [5.74, 6) is -0.112. The first kappa shape index (κ1) is 18.7. The van der Waals surface area contributed by atoms with E-state index in [1.54, 1.807) is 0 Å². The fourth-order valence-electron chi connectivity index (χ4n) is 3.12. The number of halogens is 1. The normalized spacial score (nSPS) is 21.8. The molecule has 0 spiro atoms. The predicted molar refractivity (Wildman–Crippen MR) is 92.9 cm³/mol. The minimum Gasteiger partial charge on any atom is -0.466 e. The Labute approximate surface area is 148 Å². The van der Waals surface area contributed by atoms with Crippen molar-refractivity contribution < 1.29 is 19.2 Å². The number of rotatable bonds is 6. The van der Waals surface area contributed by atoms with Gasteiger partial charge in [0.15, 0.2) is 6.54 Å². The van der Waals surface area contributed by atoms with Crippen molar-refractivity contribution in [2.45, 2.75) is 32.7 Å². The van der Waals surface area contributed by atoms with Crippen LogP contribution in [-0.2, 0) is 14.3 Å². The minimum absolute atomic E-state index is 0.00649. The Balaban J connectivity index is 1.77. The van der Waals surface area contributed by atoms with Gasteiger partial charge < -0.3 is 15.0 Å². The first-order valence-corrected chi connectivity index (χ1v) is 8.93. The number of carbonyl (C=O) groups excluding carboxylic acids is 2. The Morgan fingerprint density at radius 2 is 2.00 bits per heavy atom. The van der Waals surface area contributed by atoms with E-state index in [0.717, 1.165) is 31.5 Å². The van der Waals surface area contributed by atoms with Gasteiger partial charge in [-0.05, 0) is 25.5 Å². The Morgan fingerprint density at radius 3 is 2.62 bits per heavy atom. The van der Waals surface area contributed by atoms with Crippen molar-refractivity contribution in [3.63, 3.8) is 0 Å². The maximum atomic E-state index is 12.3. The first-order valence-electron chi connectivity index (χ1n) is 8.55. The number of likely N-dealkylation sites (tertiary alicyclic amines) is 1. The lowest BCUT2D eigenvalue weighted by Crippen LogP contribution is -3.14. The van der Waals surface area contributed by atoms with Crippen LogP contribution in [0.15, 0.2) is 24.3 Å². The van der Waals surface area contributed by atoms with E-state index in [1.165, 1.54) is 4.90 Å². The molecule has 2 rings (SSSR count). The van der Waals surface area contributed by atoms with E-state index in [1.807, 2.05) is 38.1 Å². The average molecular weight is 354 g/mol. The van der Waals surface area contributed by atoms with Gasteiger partial charge in [-0.15, -0.1) is 0 Å². The molecule has 1 aromatic carbocycles. The molecule has 132 valence electrons. The van der Waals surface area contributed by atoms with Crippen LogP contribution in [0.4, 0.5) is 0 Å². The van der Waals surface area contributed by atoms with Crippen molar-refractivity contribution in [1.82, 2.24) is 5.32 Å². The fraction of sp³-hybridized carbons (Fsp3) is 0.556. The van der Waals surface area contributed by atoms with Gasteiger partial charge in [0, 0.05) is 17.9 Å². The van der Waals surface area contributed by atoms with E-state index in [0.29, 0.717) is 18.2 Å². The van der Waals surface area contributed by atoms with Gasteiger partial charge in [0.1, 0.15) is 0 Å². The van der Waals surface area contributed by atoms with Crippen LogP contribution in [0.5, 0.6) is 0 Å². The summed E-state index contributed by atoms with van der Waals surface area (Å²) in [6.45, 7) is 6.23. The van der Waals surface area contributed by atoms with E-state index in [2.05, 4.69) is 5.32 Å². The minimum atomic E-state index is -0.123. The lowest BCUT2D eigenvalue weighted by Gasteiger charge is -2.28. The summed E-state index contributed by atoms with van der Waals surface area (Å²) >= 11 is 6.17. The highest BCUT2D eigenvalue weighted by atomic mass is 35.5. The lowest BCUT2D eigenvalue weighted by molar-refractivity contribution is -0.897. The Kier molecular flexibility index (Phi) is 7.06. The third kappa shape index (κ3) is 5.21. The van der Waals surface area contributed by atoms with Crippen molar-refractivity contribution in [1.29, 1.82) is 0 Å². The van der Waals surface area contributed by atoms with Crippen LogP contribution < -0.4 is 10.2 Å². The van der Waals surface area contributed by atoms with Gasteiger partial charge >= 0.3 is 5.97 Å². The van der Waals surface area contributed by atoms with Crippen molar-refractivity contribution in [2.24, 2.45) is 5.92 Å². The number of nitrogens with one attached hydrogen (secondary N) is 2. The van der Waals surface area contributed by atoms with Crippen LogP contribution in [-0.4, -0.2) is 38.1 Å². The molecule has 0 bridgehead atoms. The van der Waals surface area contributed by atoms with Crippen LogP contribution in [0.1, 0.15) is 38.3 Å². The summed E-state index contributed by atoms with van der Waals surface area (Å²) in [4.78, 5) is 25.2. The summed E-state index contributed by atoms with van der Waals surface area (Å²) in [6, 6.07) is 7.41. The highest BCUT2D eigenvalue weighted by Gasteiger charge is 2.29. The molecular formula is C18H26ClN2O3+. The zero-order chi connectivity index (χ0) is 17.5. The number of benzene rings is 1. The highest BCUT2D eigenvalue weighted by Crippen LogP contribution is 2.21. The lowest BCUT2D eigenvalue weighted by atomic mass is 9.97. The molecule has 0 unspecified atom stereocenters. The van der Waals surface area contributed by atoms with Crippen LogP contribution in [0.25, 0.3) is 0 Å². The molecule has 1 atom stereocenters. The van der Waals surface area contributed by atoms with Gasteiger partial charge in [0.25, 0.3) is 5.91 Å². The van der Waals surface area contributed by atoms with Gasteiger partial charge in [-0.1, -0.05) is 29.8 Å². The molecule has 0 aliphatic carbocycles. The monoisotopic (exact) mass is 353 g/mol. The summed E-state index contributed by atoms with van der Waals surface area (Å²) in [7, 11) is 0. The molecule has 1 saturated heterocycles. The number of esters is 1. The molecule has 1 aromatic rings. The molecule has 5 nitrogen and oxygen atoms in total. The SMILES string of the molecule is CCOC(=O)C1CC[NH+](CC(=O)N[C@H](C)c2ccccc2Cl)CC1. The standard InChI is InChI=1S/C18H25ClN2O3/c1-3-24-18(23)14-8-10-21(11-9-14)12-17(22)20-13(2)15-6-4-5-7-16(15)19/h4-7,13-14H,3,8-12H2,1-2H3,(H,20,22)/p+1/t13-/m1/s1. The Bertz CT molecular complexity index is 571. The molecule has 1 amide bonds. The number of ether oxygens (including phenoxy) is 1. The van der Waals surface area contributed by atoms with Crippen LogP contribution in [0, 0.1) is 5.92 Å². The zero-order valence-corrected chi connectivity index (χ0v) is 15.1. The summed E-state index contributed by atoms with van der Waals surface area (Å²) in [6.07, 6.45) is 1.56. The topological polar surface area (TPSA) is 59.8 Å². The molecule has 1 heterocycles. The number of piperidine rings is 1. The molecule has 0 saturated carbocycles. The van der Waals surface area contributed by atoms with E-state index >= 15 is 0 Å². The number of hydrogen-bond acceptors (Lipinski definition) is 3. The molecular weight excluding hydrogens is 328 g/mol. The second-order valence-corrected chi connectivity index (χ2v) is 6.67. The van der Waals surface area contributed by atoms with Crippen molar-refractivity contribution in [3.8, 4) is 0 Å². The molecule has 1 aliphatic heterocycles. The molecule has 0 aromatic heterocycles. The maximum absolute atomic E-state index is 12.3. The van der Waals surface area contributed by atoms with Gasteiger partial charge in [-0.3, -0.25) is 9.59 Å². The molecule has 1 fully saturated rings. The van der Waals surface area contributed by atoms with Gasteiger partial charge in [-0.2, -0.15) is 0 Å². The smallest absolute Gasteiger partial charge is 0.309 e. The maximum Gasteiger partial charge on any atom is 0.309 e. The van der Waals surface area contributed by atoms with Crippen molar-refractivity contribution >= 4 is 23.5 Å². The van der Waals surface area contributed by atoms with Crippen molar-refractivity contribution in [3.05, 3.63) is 34.9 Å². The molecule has 6 heteroatoms. The average Bonchev–Trinajstić information content (AvgIpc) is 2.56. The van der Waals surface area contributed by atoms with Crippen molar-refractivity contribution in [2.75, 3.05) is 26.2 Å². The van der Waals surface area contributed by atoms with E-state index < -0.39 is 0 Å². The van der Waals surface area contributed by atoms with Crippen LogP contribution in [0.3, 0.4) is 0 Å². The second kappa shape index (κ2) is 9.04. The quantitative estimate of drug-likeness (QED) is 0.759. The van der Waals surface area contributed by atoms with Gasteiger partial charge in [0.2, 0.25) is 0 Å². The first-order chi connectivity index (χ1) is 11.5. The third-order valence-corrected chi connectivity index (χ3v) is 4.82.